The molecule has 6 nitrogen and oxygen atoms in total. The number of fused-ring (bicyclic) bond motifs is 1. The second kappa shape index (κ2) is 16.0. The van der Waals surface area contributed by atoms with Crippen LogP contribution < -0.4 is 10.1 Å². The van der Waals surface area contributed by atoms with E-state index >= 15 is 0 Å². The van der Waals surface area contributed by atoms with E-state index in [4.69, 9.17) is 14.2 Å². The van der Waals surface area contributed by atoms with E-state index in [0.29, 0.717) is 32.5 Å². The van der Waals surface area contributed by atoms with Crippen LogP contribution in [0.4, 0.5) is 0 Å². The fraction of sp³-hybridized carbons (Fsp3) is 0.405. The van der Waals surface area contributed by atoms with E-state index in [0.717, 1.165) is 38.3 Å². The van der Waals surface area contributed by atoms with Crippen molar-refractivity contribution >= 4 is 10.8 Å². The molecule has 0 amide bonds. The predicted octanol–water partition coefficient (Wildman–Crippen LogP) is 5.96. The summed E-state index contributed by atoms with van der Waals surface area (Å²) in [6.07, 6.45) is 0.910. The smallest absolute Gasteiger partial charge is 0.119 e. The highest BCUT2D eigenvalue weighted by Crippen LogP contribution is 2.33. The molecular formula is C37H47N3O3. The Kier molecular flexibility index (Phi) is 11.6. The standard InChI is InChI=1S/C37H47N3O3/c1-39(2)20-21-40(3)35-25-38-26-36(43-28-30-14-15-31-12-7-8-13-33(31)24-30)37(35)32-16-18-34(19-17-32)42-23-9-22-41-27-29-10-5-4-6-11-29/h4-8,10-19,24,35-38H,9,20-23,25-28H2,1-3H3. The third kappa shape index (κ3) is 9.12. The van der Waals surface area contributed by atoms with Gasteiger partial charge in [0.15, 0.2) is 0 Å². The molecule has 4 aromatic carbocycles. The van der Waals surface area contributed by atoms with Crippen molar-refractivity contribution in [3.63, 3.8) is 0 Å². The van der Waals surface area contributed by atoms with Gasteiger partial charge in [-0.2, -0.15) is 0 Å². The zero-order valence-electron chi connectivity index (χ0n) is 26.0. The number of benzene rings is 4. The lowest BCUT2D eigenvalue weighted by molar-refractivity contribution is -0.0163. The van der Waals surface area contributed by atoms with Crippen LogP contribution >= 0.6 is 0 Å². The molecule has 0 aromatic heterocycles. The molecule has 228 valence electrons. The van der Waals surface area contributed by atoms with E-state index in [-0.39, 0.29) is 12.0 Å². The Hall–Kier alpha value is -3.26. The van der Waals surface area contributed by atoms with Gasteiger partial charge in [-0.1, -0.05) is 78.9 Å². The third-order valence-corrected chi connectivity index (χ3v) is 8.34. The van der Waals surface area contributed by atoms with Gasteiger partial charge in [0.1, 0.15) is 5.75 Å². The van der Waals surface area contributed by atoms with Gasteiger partial charge in [-0.3, -0.25) is 0 Å². The summed E-state index contributed by atoms with van der Waals surface area (Å²) in [6.45, 7) is 6.33. The van der Waals surface area contributed by atoms with Crippen molar-refractivity contribution in [1.29, 1.82) is 0 Å². The Morgan fingerprint density at radius 2 is 1.49 bits per heavy atom. The summed E-state index contributed by atoms with van der Waals surface area (Å²) in [5.41, 5.74) is 3.70. The van der Waals surface area contributed by atoms with E-state index < -0.39 is 0 Å². The summed E-state index contributed by atoms with van der Waals surface area (Å²) in [5.74, 6) is 1.14. The predicted molar refractivity (Wildman–Crippen MR) is 176 cm³/mol. The minimum atomic E-state index is 0.0561. The van der Waals surface area contributed by atoms with Gasteiger partial charge >= 0.3 is 0 Å². The molecule has 0 saturated carbocycles. The van der Waals surface area contributed by atoms with Gasteiger partial charge in [0, 0.05) is 44.6 Å². The van der Waals surface area contributed by atoms with Crippen LogP contribution in [-0.2, 0) is 22.7 Å². The fourth-order valence-corrected chi connectivity index (χ4v) is 5.86. The average molecular weight is 582 g/mol. The second-order valence-corrected chi connectivity index (χ2v) is 11.9. The van der Waals surface area contributed by atoms with Gasteiger partial charge in [0.05, 0.1) is 32.5 Å². The molecule has 1 fully saturated rings. The monoisotopic (exact) mass is 581 g/mol. The first-order valence-corrected chi connectivity index (χ1v) is 15.6. The average Bonchev–Trinajstić information content (AvgIpc) is 3.04. The molecule has 0 spiro atoms. The first-order valence-electron chi connectivity index (χ1n) is 15.6. The molecule has 3 atom stereocenters. The van der Waals surface area contributed by atoms with Gasteiger partial charge < -0.3 is 29.3 Å². The van der Waals surface area contributed by atoms with Gasteiger partial charge in [-0.15, -0.1) is 0 Å². The van der Waals surface area contributed by atoms with Gasteiger partial charge in [0.25, 0.3) is 0 Å². The highest BCUT2D eigenvalue weighted by Gasteiger charge is 2.37. The van der Waals surface area contributed by atoms with Crippen molar-refractivity contribution in [2.24, 2.45) is 0 Å². The molecule has 1 aliphatic rings. The number of piperidine rings is 1. The topological polar surface area (TPSA) is 46.2 Å². The fourth-order valence-electron chi connectivity index (χ4n) is 5.86. The van der Waals surface area contributed by atoms with Crippen LogP contribution in [0.25, 0.3) is 10.8 Å². The Morgan fingerprint density at radius 1 is 0.721 bits per heavy atom. The highest BCUT2D eigenvalue weighted by molar-refractivity contribution is 5.82. The molecule has 0 bridgehead atoms. The summed E-state index contributed by atoms with van der Waals surface area (Å²) < 4.78 is 18.6. The Labute approximate surface area is 257 Å². The van der Waals surface area contributed by atoms with Gasteiger partial charge in [-0.25, -0.2) is 0 Å². The number of hydrogen-bond donors (Lipinski definition) is 1. The molecular weight excluding hydrogens is 534 g/mol. The normalized spacial score (nSPS) is 18.9. The number of ether oxygens (including phenoxy) is 3. The lowest BCUT2D eigenvalue weighted by Gasteiger charge is -2.43. The van der Waals surface area contributed by atoms with E-state index in [1.807, 2.05) is 18.2 Å². The molecule has 1 aliphatic heterocycles. The third-order valence-electron chi connectivity index (χ3n) is 8.34. The lowest BCUT2D eigenvalue weighted by Crippen LogP contribution is -2.56. The Bertz CT molecular complexity index is 1380. The zero-order chi connectivity index (χ0) is 29.9. The first kappa shape index (κ1) is 31.2. The zero-order valence-corrected chi connectivity index (χ0v) is 26.0. The maximum Gasteiger partial charge on any atom is 0.119 e. The van der Waals surface area contributed by atoms with Gasteiger partial charge in [-0.05, 0) is 66.8 Å². The SMILES string of the molecule is CN(C)CCN(C)C1CNCC(OCc2ccc3ccccc3c2)C1c1ccc(OCCCOCc2ccccc2)cc1. The van der Waals surface area contributed by atoms with Crippen molar-refractivity contribution in [3.05, 3.63) is 114 Å². The summed E-state index contributed by atoms with van der Waals surface area (Å²) in [4.78, 5) is 4.73. The maximum atomic E-state index is 6.71. The number of rotatable bonds is 15. The number of nitrogens with zero attached hydrogens (tertiary/aromatic N) is 2. The first-order chi connectivity index (χ1) is 21.1. The van der Waals surface area contributed by atoms with Crippen LogP contribution in [0, 0.1) is 0 Å². The molecule has 5 rings (SSSR count). The largest absolute Gasteiger partial charge is 0.494 e. The van der Waals surface area contributed by atoms with Crippen LogP contribution in [0.2, 0.25) is 0 Å². The van der Waals surface area contributed by atoms with Crippen molar-refractivity contribution in [1.82, 2.24) is 15.1 Å². The molecule has 4 aromatic rings. The Balaban J connectivity index is 1.21. The van der Waals surface area contributed by atoms with Crippen LogP contribution in [0.3, 0.4) is 0 Å². The summed E-state index contributed by atoms with van der Waals surface area (Å²) >= 11 is 0. The van der Waals surface area contributed by atoms with Gasteiger partial charge in [0.2, 0.25) is 0 Å². The van der Waals surface area contributed by atoms with Crippen molar-refractivity contribution < 1.29 is 14.2 Å². The molecule has 3 unspecified atom stereocenters. The number of hydrogen-bond acceptors (Lipinski definition) is 6. The second-order valence-electron chi connectivity index (χ2n) is 11.9. The number of nitrogens with one attached hydrogen (secondary N) is 1. The molecule has 0 aliphatic carbocycles. The summed E-state index contributed by atoms with van der Waals surface area (Å²) in [6, 6.07) is 34.4. The molecule has 1 saturated heterocycles. The quantitative estimate of drug-likeness (QED) is 0.175. The molecule has 1 N–H and O–H groups in total. The molecule has 6 heteroatoms. The van der Waals surface area contributed by atoms with Crippen molar-refractivity contribution in [3.8, 4) is 5.75 Å². The van der Waals surface area contributed by atoms with E-state index in [1.54, 1.807) is 0 Å². The van der Waals surface area contributed by atoms with Crippen LogP contribution in [0.15, 0.2) is 97.1 Å². The molecule has 0 radical (unpaired) electrons. The summed E-state index contributed by atoms with van der Waals surface area (Å²) in [7, 11) is 6.51. The number of likely N-dealkylation sites (N-methyl/N-ethyl adjacent to an activating group) is 2. The van der Waals surface area contributed by atoms with Crippen LogP contribution in [0.1, 0.15) is 29.0 Å². The molecule has 1 heterocycles. The Morgan fingerprint density at radius 3 is 2.28 bits per heavy atom. The van der Waals surface area contributed by atoms with E-state index in [1.165, 1.54) is 27.5 Å². The highest BCUT2D eigenvalue weighted by atomic mass is 16.5. The van der Waals surface area contributed by atoms with Crippen molar-refractivity contribution in [2.75, 3.05) is 60.5 Å². The van der Waals surface area contributed by atoms with Crippen LogP contribution in [0.5, 0.6) is 5.75 Å². The van der Waals surface area contributed by atoms with Crippen molar-refractivity contribution in [2.45, 2.75) is 37.7 Å². The van der Waals surface area contributed by atoms with Crippen LogP contribution in [-0.4, -0.2) is 82.5 Å². The maximum absolute atomic E-state index is 6.71. The lowest BCUT2D eigenvalue weighted by atomic mass is 9.83. The minimum Gasteiger partial charge on any atom is -0.494 e. The van der Waals surface area contributed by atoms with E-state index in [9.17, 15) is 0 Å². The minimum absolute atomic E-state index is 0.0561. The molecule has 43 heavy (non-hydrogen) atoms. The van der Waals surface area contributed by atoms with E-state index in [2.05, 4.69) is 115 Å². The summed E-state index contributed by atoms with van der Waals surface area (Å²) in [5, 5.41) is 6.18.